The number of hydrogen-bond acceptors (Lipinski definition) is 7. The quantitative estimate of drug-likeness (QED) is 0.675. The number of ether oxygens (including phenoxy) is 1. The van der Waals surface area contributed by atoms with Crippen LogP contribution in [0.25, 0.3) is 0 Å². The van der Waals surface area contributed by atoms with Gasteiger partial charge in [-0.3, -0.25) is 0 Å². The Morgan fingerprint density at radius 3 is 3.11 bits per heavy atom. The number of aliphatic hydroxyl groups excluding tert-OH is 1. The first-order valence-corrected chi connectivity index (χ1v) is 6.65. The Morgan fingerprint density at radius 2 is 2.42 bits per heavy atom. The molecule has 1 aliphatic rings. The Bertz CT molecular complexity index is 383. The average Bonchev–Trinajstić information content (AvgIpc) is 3.03. The lowest BCUT2D eigenvalue weighted by Crippen LogP contribution is -2.24. The van der Waals surface area contributed by atoms with Crippen LogP contribution in [0.3, 0.4) is 0 Å². The van der Waals surface area contributed by atoms with Gasteiger partial charge in [0.05, 0.1) is 19.3 Å². The van der Waals surface area contributed by atoms with Gasteiger partial charge in [0.15, 0.2) is 0 Å². The SMILES string of the molecule is COCCNCc1nnc(N2CCC(C(C)O)C2)o1. The summed E-state index contributed by atoms with van der Waals surface area (Å²) >= 11 is 0. The molecule has 1 aliphatic heterocycles. The predicted molar refractivity (Wildman–Crippen MR) is 69.9 cm³/mol. The van der Waals surface area contributed by atoms with E-state index in [4.69, 9.17) is 9.15 Å². The molecule has 1 aromatic rings. The zero-order valence-electron chi connectivity index (χ0n) is 11.5. The number of nitrogens with zero attached hydrogens (tertiary/aromatic N) is 3. The highest BCUT2D eigenvalue weighted by atomic mass is 16.5. The van der Waals surface area contributed by atoms with E-state index < -0.39 is 0 Å². The van der Waals surface area contributed by atoms with Crippen molar-refractivity contribution in [3.63, 3.8) is 0 Å². The molecule has 0 amide bonds. The Morgan fingerprint density at radius 1 is 1.58 bits per heavy atom. The molecule has 0 aliphatic carbocycles. The van der Waals surface area contributed by atoms with Crippen LogP contribution in [0.5, 0.6) is 0 Å². The van der Waals surface area contributed by atoms with Gasteiger partial charge >= 0.3 is 6.01 Å². The summed E-state index contributed by atoms with van der Waals surface area (Å²) in [5, 5.41) is 20.8. The summed E-state index contributed by atoms with van der Waals surface area (Å²) in [6.45, 7) is 5.41. The van der Waals surface area contributed by atoms with E-state index in [2.05, 4.69) is 15.5 Å². The van der Waals surface area contributed by atoms with Crippen LogP contribution in [0.15, 0.2) is 4.42 Å². The van der Waals surface area contributed by atoms with E-state index in [9.17, 15) is 5.11 Å². The normalized spacial score (nSPS) is 21.0. The highest BCUT2D eigenvalue weighted by molar-refractivity contribution is 5.26. The maximum Gasteiger partial charge on any atom is 0.318 e. The third-order valence-electron chi connectivity index (χ3n) is 3.39. The largest absolute Gasteiger partial charge is 0.407 e. The molecular formula is C12H22N4O3. The summed E-state index contributed by atoms with van der Waals surface area (Å²) in [5.41, 5.74) is 0. The van der Waals surface area contributed by atoms with Crippen molar-refractivity contribution < 1.29 is 14.3 Å². The van der Waals surface area contributed by atoms with Gasteiger partial charge in [-0.05, 0) is 13.3 Å². The fourth-order valence-corrected chi connectivity index (χ4v) is 2.17. The van der Waals surface area contributed by atoms with Crippen LogP contribution in [-0.4, -0.2) is 54.8 Å². The van der Waals surface area contributed by atoms with Crippen molar-refractivity contribution in [1.82, 2.24) is 15.5 Å². The Labute approximate surface area is 112 Å². The van der Waals surface area contributed by atoms with Gasteiger partial charge in [-0.25, -0.2) is 0 Å². The van der Waals surface area contributed by atoms with E-state index in [1.165, 1.54) is 0 Å². The topological polar surface area (TPSA) is 83.7 Å². The first-order valence-electron chi connectivity index (χ1n) is 6.65. The van der Waals surface area contributed by atoms with Crippen LogP contribution < -0.4 is 10.2 Å². The van der Waals surface area contributed by atoms with Crippen molar-refractivity contribution in [3.8, 4) is 0 Å². The van der Waals surface area contributed by atoms with Gasteiger partial charge in [-0.1, -0.05) is 5.10 Å². The minimum absolute atomic E-state index is 0.287. The second-order valence-corrected chi connectivity index (χ2v) is 4.88. The van der Waals surface area contributed by atoms with Gasteiger partial charge in [0.25, 0.3) is 0 Å². The molecule has 1 aromatic heterocycles. The molecular weight excluding hydrogens is 248 g/mol. The van der Waals surface area contributed by atoms with Gasteiger partial charge in [0.1, 0.15) is 0 Å². The highest BCUT2D eigenvalue weighted by Gasteiger charge is 2.28. The molecule has 19 heavy (non-hydrogen) atoms. The summed E-state index contributed by atoms with van der Waals surface area (Å²) in [5.74, 6) is 0.863. The van der Waals surface area contributed by atoms with Crippen LogP contribution in [0.4, 0.5) is 6.01 Å². The van der Waals surface area contributed by atoms with Gasteiger partial charge in [-0.2, -0.15) is 0 Å². The highest BCUT2D eigenvalue weighted by Crippen LogP contribution is 2.24. The minimum Gasteiger partial charge on any atom is -0.407 e. The summed E-state index contributed by atoms with van der Waals surface area (Å²) in [6, 6.07) is 0.548. The molecule has 0 bridgehead atoms. The third-order valence-corrected chi connectivity index (χ3v) is 3.39. The molecule has 1 saturated heterocycles. The number of methoxy groups -OCH3 is 1. The lowest BCUT2D eigenvalue weighted by atomic mass is 10.0. The zero-order valence-corrected chi connectivity index (χ0v) is 11.5. The van der Waals surface area contributed by atoms with Crippen molar-refractivity contribution >= 4 is 6.01 Å². The van der Waals surface area contributed by atoms with E-state index in [1.807, 2.05) is 11.8 Å². The lowest BCUT2D eigenvalue weighted by molar-refractivity contribution is 0.136. The lowest BCUT2D eigenvalue weighted by Gasteiger charge is -2.14. The first-order chi connectivity index (χ1) is 9.20. The van der Waals surface area contributed by atoms with Crippen molar-refractivity contribution in [2.24, 2.45) is 5.92 Å². The molecule has 2 rings (SSSR count). The maximum absolute atomic E-state index is 9.57. The van der Waals surface area contributed by atoms with Crippen LogP contribution in [0.2, 0.25) is 0 Å². The van der Waals surface area contributed by atoms with Crippen LogP contribution in [0.1, 0.15) is 19.2 Å². The summed E-state index contributed by atoms with van der Waals surface area (Å²) in [4.78, 5) is 2.03. The number of rotatable bonds is 7. The van der Waals surface area contributed by atoms with Crippen LogP contribution in [0, 0.1) is 5.92 Å². The van der Waals surface area contributed by atoms with Crippen molar-refractivity contribution in [2.75, 3.05) is 38.3 Å². The van der Waals surface area contributed by atoms with Crippen molar-refractivity contribution in [3.05, 3.63) is 5.89 Å². The van der Waals surface area contributed by atoms with Crippen molar-refractivity contribution in [2.45, 2.75) is 26.0 Å². The van der Waals surface area contributed by atoms with Crippen molar-refractivity contribution in [1.29, 1.82) is 0 Å². The molecule has 0 spiro atoms. The molecule has 0 radical (unpaired) electrons. The Balaban J connectivity index is 1.81. The fraction of sp³-hybridized carbons (Fsp3) is 0.833. The Hall–Kier alpha value is -1.18. The van der Waals surface area contributed by atoms with E-state index in [-0.39, 0.29) is 12.0 Å². The number of hydrogen-bond donors (Lipinski definition) is 2. The molecule has 0 aromatic carbocycles. The average molecular weight is 270 g/mol. The standard InChI is InChI=1S/C12H22N4O3/c1-9(17)10-3-5-16(8-10)12-15-14-11(19-12)7-13-4-6-18-2/h9-10,13,17H,3-8H2,1-2H3. The smallest absolute Gasteiger partial charge is 0.318 e. The van der Waals surface area contributed by atoms with Gasteiger partial charge in [0.2, 0.25) is 5.89 Å². The fourth-order valence-electron chi connectivity index (χ4n) is 2.17. The van der Waals surface area contributed by atoms with Crippen LogP contribution >= 0.6 is 0 Å². The molecule has 0 saturated carbocycles. The number of nitrogens with one attached hydrogen (secondary N) is 1. The van der Waals surface area contributed by atoms with Gasteiger partial charge in [-0.15, -0.1) is 5.10 Å². The molecule has 7 heteroatoms. The molecule has 2 heterocycles. The van der Waals surface area contributed by atoms with Crippen LogP contribution in [-0.2, 0) is 11.3 Å². The molecule has 2 unspecified atom stereocenters. The van der Waals surface area contributed by atoms with E-state index >= 15 is 0 Å². The molecule has 108 valence electrons. The minimum atomic E-state index is -0.289. The van der Waals surface area contributed by atoms with E-state index in [1.54, 1.807) is 7.11 Å². The number of aromatic nitrogens is 2. The molecule has 2 atom stereocenters. The third kappa shape index (κ3) is 3.89. The predicted octanol–water partition coefficient (Wildman–Crippen LogP) is 0.0127. The first kappa shape index (κ1) is 14.2. The zero-order chi connectivity index (χ0) is 13.7. The second kappa shape index (κ2) is 6.83. The maximum atomic E-state index is 9.57. The van der Waals surface area contributed by atoms with Gasteiger partial charge < -0.3 is 24.5 Å². The van der Waals surface area contributed by atoms with Gasteiger partial charge in [0, 0.05) is 32.7 Å². The Kier molecular flexibility index (Phi) is 5.12. The summed E-state index contributed by atoms with van der Waals surface area (Å²) in [7, 11) is 1.67. The summed E-state index contributed by atoms with van der Waals surface area (Å²) < 4.78 is 10.5. The molecule has 1 fully saturated rings. The van der Waals surface area contributed by atoms with E-state index in [0.29, 0.717) is 25.1 Å². The monoisotopic (exact) mass is 270 g/mol. The second-order valence-electron chi connectivity index (χ2n) is 4.88. The number of aliphatic hydroxyl groups is 1. The molecule has 7 nitrogen and oxygen atoms in total. The van der Waals surface area contributed by atoms with E-state index in [0.717, 1.165) is 26.1 Å². The molecule has 2 N–H and O–H groups in total. The number of anilines is 1. The summed E-state index contributed by atoms with van der Waals surface area (Å²) in [6.07, 6.45) is 0.671.